The molecule has 3 rings (SSSR count). The van der Waals surface area contributed by atoms with E-state index in [-0.39, 0.29) is 16.6 Å². The Balaban J connectivity index is 2.31. The number of rotatable bonds is 2. The summed E-state index contributed by atoms with van der Waals surface area (Å²) in [7, 11) is 1.48. The molecule has 0 unspecified atom stereocenters. The topological polar surface area (TPSA) is 70.9 Å². The largest absolute Gasteiger partial charge is 0.476 e. The second-order valence-electron chi connectivity index (χ2n) is 4.77. The Morgan fingerprint density at radius 2 is 2.09 bits per heavy atom. The zero-order chi connectivity index (χ0) is 16.1. The molecule has 22 heavy (non-hydrogen) atoms. The van der Waals surface area contributed by atoms with E-state index >= 15 is 0 Å². The lowest BCUT2D eigenvalue weighted by Gasteiger charge is -2.09. The first-order chi connectivity index (χ1) is 10.3. The van der Waals surface area contributed by atoms with Gasteiger partial charge in [-0.1, -0.05) is 6.07 Å². The van der Waals surface area contributed by atoms with Crippen molar-refractivity contribution in [2.75, 3.05) is 0 Å². The second kappa shape index (κ2) is 4.62. The summed E-state index contributed by atoms with van der Waals surface area (Å²) in [6.07, 6.45) is -3.09. The van der Waals surface area contributed by atoms with E-state index in [4.69, 9.17) is 5.11 Å². The van der Waals surface area contributed by atoms with Gasteiger partial charge < -0.3 is 10.1 Å². The number of alkyl halides is 3. The summed E-state index contributed by atoms with van der Waals surface area (Å²) < 4.78 is 40.8. The monoisotopic (exact) mass is 309 g/mol. The molecule has 3 aromatic rings. The fourth-order valence-corrected chi connectivity index (χ4v) is 2.45. The number of nitrogens with one attached hydrogen (secondary N) is 1. The van der Waals surface area contributed by atoms with Gasteiger partial charge in [0.2, 0.25) is 0 Å². The summed E-state index contributed by atoms with van der Waals surface area (Å²) in [5.74, 6) is -1.24. The zero-order valence-corrected chi connectivity index (χ0v) is 11.3. The molecule has 5 nitrogen and oxygen atoms in total. The third-order valence-corrected chi connectivity index (χ3v) is 3.39. The van der Waals surface area contributed by atoms with Gasteiger partial charge in [-0.3, -0.25) is 4.68 Å². The molecule has 2 N–H and O–H groups in total. The number of nitrogens with zero attached hydrogens (tertiary/aromatic N) is 2. The van der Waals surface area contributed by atoms with Crippen molar-refractivity contribution in [2.24, 2.45) is 7.05 Å². The fourth-order valence-electron chi connectivity index (χ4n) is 2.45. The highest BCUT2D eigenvalue weighted by Crippen LogP contribution is 2.39. The van der Waals surface area contributed by atoms with E-state index in [1.165, 1.54) is 36.1 Å². The molecule has 0 amide bonds. The van der Waals surface area contributed by atoms with Crippen molar-refractivity contribution < 1.29 is 23.1 Å². The van der Waals surface area contributed by atoms with Gasteiger partial charge in [-0.25, -0.2) is 4.79 Å². The van der Waals surface area contributed by atoms with Crippen LogP contribution in [0.3, 0.4) is 0 Å². The predicted octanol–water partition coefficient (Wildman–Crippen LogP) is 3.29. The fraction of sp³-hybridized carbons (Fsp3) is 0.143. The molecule has 1 aromatic carbocycles. The number of aromatic amines is 1. The smallest absolute Gasteiger partial charge is 0.417 e. The highest BCUT2D eigenvalue weighted by molar-refractivity contribution is 5.98. The van der Waals surface area contributed by atoms with Crippen LogP contribution < -0.4 is 0 Å². The van der Waals surface area contributed by atoms with Crippen molar-refractivity contribution in [3.05, 3.63) is 41.7 Å². The molecule has 2 aromatic heterocycles. The van der Waals surface area contributed by atoms with Crippen LogP contribution in [0.2, 0.25) is 0 Å². The van der Waals surface area contributed by atoms with Crippen molar-refractivity contribution in [3.8, 4) is 11.3 Å². The average Bonchev–Trinajstić information content (AvgIpc) is 3.00. The van der Waals surface area contributed by atoms with Crippen molar-refractivity contribution in [1.82, 2.24) is 14.8 Å². The van der Waals surface area contributed by atoms with Crippen LogP contribution in [-0.2, 0) is 13.2 Å². The minimum Gasteiger partial charge on any atom is -0.476 e. The lowest BCUT2D eigenvalue weighted by atomic mass is 10.0. The van der Waals surface area contributed by atoms with Crippen molar-refractivity contribution in [2.45, 2.75) is 6.18 Å². The summed E-state index contributed by atoms with van der Waals surface area (Å²) in [6.45, 7) is 0. The maximum atomic E-state index is 13.2. The second-order valence-corrected chi connectivity index (χ2v) is 4.77. The summed E-state index contributed by atoms with van der Waals surface area (Å²) in [6, 6.07) is 5.09. The molecule has 8 heteroatoms. The summed E-state index contributed by atoms with van der Waals surface area (Å²) in [4.78, 5) is 13.7. The summed E-state index contributed by atoms with van der Waals surface area (Å²) >= 11 is 0. The van der Waals surface area contributed by atoms with E-state index < -0.39 is 17.7 Å². The number of benzene rings is 1. The number of halogens is 3. The normalized spacial score (nSPS) is 12.0. The molecule has 0 atom stereocenters. The van der Waals surface area contributed by atoms with E-state index in [1.807, 2.05) is 0 Å². The van der Waals surface area contributed by atoms with Crippen LogP contribution in [0, 0.1) is 0 Å². The molecule has 0 radical (unpaired) electrons. The number of fused-ring (bicyclic) bond motifs is 1. The number of carboxylic acids is 1. The van der Waals surface area contributed by atoms with Gasteiger partial charge in [-0.2, -0.15) is 18.3 Å². The Kier molecular flexibility index (Phi) is 2.98. The van der Waals surface area contributed by atoms with E-state index in [0.29, 0.717) is 11.2 Å². The van der Waals surface area contributed by atoms with Gasteiger partial charge in [0.15, 0.2) is 5.69 Å². The Bertz CT molecular complexity index is 877. The quantitative estimate of drug-likeness (QED) is 0.763. The molecule has 0 aliphatic rings. The molecule has 2 heterocycles. The van der Waals surface area contributed by atoms with Crippen molar-refractivity contribution >= 4 is 16.9 Å². The Morgan fingerprint density at radius 3 is 2.68 bits per heavy atom. The molecule has 0 bridgehead atoms. The van der Waals surface area contributed by atoms with E-state index in [2.05, 4.69) is 10.1 Å². The third kappa shape index (κ3) is 2.12. The molecule has 0 fully saturated rings. The van der Waals surface area contributed by atoms with Gasteiger partial charge in [0, 0.05) is 29.7 Å². The number of hydrogen-bond donors (Lipinski definition) is 2. The van der Waals surface area contributed by atoms with Crippen LogP contribution in [0.5, 0.6) is 0 Å². The Hall–Kier alpha value is -2.77. The number of carboxylic acid groups (broad SMARTS) is 1. The standard InChI is InChI=1S/C14H10F3N3O2/c1-20-11(5-10(19-20)13(21)22)7-6-18-9-4-2-3-8(12(7)9)14(15,16)17/h2-6,18H,1H3,(H,21,22). The number of hydrogen-bond acceptors (Lipinski definition) is 2. The van der Waals surface area contributed by atoms with Gasteiger partial charge in [0.05, 0.1) is 11.3 Å². The molecule has 0 aliphatic carbocycles. The first-order valence-electron chi connectivity index (χ1n) is 6.24. The molecule has 0 saturated heterocycles. The Labute approximate surface area is 122 Å². The van der Waals surface area contributed by atoms with Gasteiger partial charge in [0.25, 0.3) is 0 Å². The highest BCUT2D eigenvalue weighted by Gasteiger charge is 2.34. The number of H-pyrrole nitrogens is 1. The average molecular weight is 309 g/mol. The molecule has 0 aliphatic heterocycles. The maximum Gasteiger partial charge on any atom is 0.417 e. The summed E-state index contributed by atoms with van der Waals surface area (Å²) in [5, 5.41) is 12.7. The highest BCUT2D eigenvalue weighted by atomic mass is 19.4. The van der Waals surface area contributed by atoms with Gasteiger partial charge >= 0.3 is 12.1 Å². The van der Waals surface area contributed by atoms with Crippen LogP contribution in [0.4, 0.5) is 13.2 Å². The lowest BCUT2D eigenvalue weighted by molar-refractivity contribution is -0.136. The van der Waals surface area contributed by atoms with E-state index in [1.54, 1.807) is 0 Å². The minimum absolute atomic E-state index is 0.00469. The first kappa shape index (κ1) is 14.2. The first-order valence-corrected chi connectivity index (χ1v) is 6.24. The minimum atomic E-state index is -4.51. The van der Waals surface area contributed by atoms with Crippen molar-refractivity contribution in [3.63, 3.8) is 0 Å². The van der Waals surface area contributed by atoms with Gasteiger partial charge in [0.1, 0.15) is 0 Å². The predicted molar refractivity (Wildman–Crippen MR) is 72.5 cm³/mol. The maximum absolute atomic E-state index is 13.2. The molecule has 0 spiro atoms. The molecule has 0 saturated carbocycles. The van der Waals surface area contributed by atoms with Crippen LogP contribution >= 0.6 is 0 Å². The number of carbonyl (C=O) groups is 1. The van der Waals surface area contributed by atoms with E-state index in [0.717, 1.165) is 6.07 Å². The number of aromatic carboxylic acids is 1. The van der Waals surface area contributed by atoms with E-state index in [9.17, 15) is 18.0 Å². The Morgan fingerprint density at radius 1 is 1.36 bits per heavy atom. The number of aromatic nitrogens is 3. The summed E-state index contributed by atoms with van der Waals surface area (Å²) in [5.41, 5.74) is -0.135. The van der Waals surface area contributed by atoms with Crippen LogP contribution in [0.25, 0.3) is 22.2 Å². The third-order valence-electron chi connectivity index (χ3n) is 3.39. The van der Waals surface area contributed by atoms with Crippen molar-refractivity contribution in [1.29, 1.82) is 0 Å². The van der Waals surface area contributed by atoms with Gasteiger partial charge in [-0.15, -0.1) is 0 Å². The number of aryl methyl sites for hydroxylation is 1. The molecular formula is C14H10F3N3O2. The lowest BCUT2D eigenvalue weighted by Crippen LogP contribution is -2.05. The zero-order valence-electron chi connectivity index (χ0n) is 11.3. The van der Waals surface area contributed by atoms with Crippen LogP contribution in [0.15, 0.2) is 30.5 Å². The van der Waals surface area contributed by atoms with Crippen LogP contribution in [0.1, 0.15) is 16.1 Å². The molecule has 114 valence electrons. The SMILES string of the molecule is Cn1nc(C(=O)O)cc1-c1c[nH]c2cccc(C(F)(F)F)c12. The van der Waals surface area contributed by atoms with Crippen LogP contribution in [-0.4, -0.2) is 25.8 Å². The molecular weight excluding hydrogens is 299 g/mol. The van der Waals surface area contributed by atoms with Gasteiger partial charge in [-0.05, 0) is 18.2 Å².